The smallest absolute Gasteiger partial charge is 0.341 e. The Morgan fingerprint density at radius 2 is 2.21 bits per heavy atom. The van der Waals surface area contributed by atoms with E-state index in [1.54, 1.807) is 12.1 Å². The zero-order valence-corrected chi connectivity index (χ0v) is 17.0. The first kappa shape index (κ1) is 23.1. The number of benzene rings is 1. The van der Waals surface area contributed by atoms with Crippen LogP contribution in [-0.4, -0.2) is 52.9 Å². The van der Waals surface area contributed by atoms with Crippen LogP contribution in [0.2, 0.25) is 0 Å². The number of fused-ring (bicyclic) bond motifs is 1. The number of nitrogens with two attached hydrogens (primary N) is 3. The topological polar surface area (TPSA) is 166 Å². The predicted molar refractivity (Wildman–Crippen MR) is 110 cm³/mol. The van der Waals surface area contributed by atoms with Crippen LogP contribution in [0, 0.1) is 5.92 Å². The number of hydrogen-bond donors (Lipinski definition) is 5. The maximum atomic E-state index is 11.5. The molecule has 0 radical (unpaired) electrons. The Balaban J connectivity index is 2.22. The molecule has 1 aromatic rings. The third-order valence-electron chi connectivity index (χ3n) is 5.68. The maximum Gasteiger partial charge on any atom is 0.341 e. The highest BCUT2D eigenvalue weighted by Crippen LogP contribution is 2.33. The largest absolute Gasteiger partial charge is 0.486 e. The molecule has 0 saturated carbocycles. The van der Waals surface area contributed by atoms with Gasteiger partial charge in [0.15, 0.2) is 0 Å². The minimum absolute atomic E-state index is 0.0954. The van der Waals surface area contributed by atoms with Crippen LogP contribution in [0.3, 0.4) is 0 Å². The molecule has 9 heteroatoms. The molecule has 0 saturated heterocycles. The van der Waals surface area contributed by atoms with E-state index >= 15 is 0 Å². The number of hydrogen-bond acceptors (Lipinski definition) is 7. The number of aryl methyl sites for hydroxylation is 1. The van der Waals surface area contributed by atoms with Gasteiger partial charge in [0.05, 0.1) is 12.6 Å². The number of aliphatic carboxylic acids is 1. The number of carbonyl (C=O) groups is 1. The van der Waals surface area contributed by atoms with E-state index in [9.17, 15) is 15.0 Å². The van der Waals surface area contributed by atoms with E-state index in [-0.39, 0.29) is 18.6 Å². The highest BCUT2D eigenvalue weighted by Gasteiger charge is 2.46. The minimum atomic E-state index is -1.64. The quantitative estimate of drug-likeness (QED) is 0.213. The summed E-state index contributed by atoms with van der Waals surface area (Å²) in [5, 5.41) is 19.1. The van der Waals surface area contributed by atoms with Crippen molar-refractivity contribution >= 4 is 11.8 Å². The van der Waals surface area contributed by atoms with E-state index in [4.69, 9.17) is 26.9 Å². The average Bonchev–Trinajstić information content (AvgIpc) is 2.74. The van der Waals surface area contributed by atoms with Gasteiger partial charge in [0.1, 0.15) is 17.7 Å². The lowest BCUT2D eigenvalue weighted by Gasteiger charge is -2.35. The second-order valence-electron chi connectivity index (χ2n) is 7.51. The molecule has 4 unspecified atom stereocenters. The molecule has 1 aliphatic rings. The zero-order valence-electron chi connectivity index (χ0n) is 17.0. The Hall–Kier alpha value is -2.20. The van der Waals surface area contributed by atoms with Gasteiger partial charge in [-0.3, -0.25) is 9.83 Å². The van der Waals surface area contributed by atoms with Gasteiger partial charge in [-0.25, -0.2) is 10.7 Å². The number of carboxylic acids is 1. The van der Waals surface area contributed by atoms with E-state index < -0.39 is 17.7 Å². The van der Waals surface area contributed by atoms with Gasteiger partial charge in [-0.1, -0.05) is 13.3 Å². The van der Waals surface area contributed by atoms with Crippen LogP contribution in [0.15, 0.2) is 23.2 Å². The fraction of sp³-hybridized carbons (Fsp3) is 0.600. The number of aliphatic imine (C=N–C) groups is 1. The Morgan fingerprint density at radius 3 is 2.76 bits per heavy atom. The fourth-order valence-corrected chi connectivity index (χ4v) is 3.63. The van der Waals surface area contributed by atoms with E-state index in [1.165, 1.54) is 6.92 Å². The van der Waals surface area contributed by atoms with Crippen LogP contribution < -0.4 is 22.1 Å². The molecule has 1 aliphatic heterocycles. The van der Waals surface area contributed by atoms with Crippen molar-refractivity contribution in [2.45, 2.75) is 57.3 Å². The van der Waals surface area contributed by atoms with Gasteiger partial charge in [0, 0.05) is 5.56 Å². The van der Waals surface area contributed by atoms with Crippen molar-refractivity contribution in [1.82, 2.24) is 0 Å². The van der Waals surface area contributed by atoms with Crippen molar-refractivity contribution in [3.05, 3.63) is 29.3 Å². The predicted octanol–water partition coefficient (Wildman–Crippen LogP) is 0.555. The van der Waals surface area contributed by atoms with Crippen molar-refractivity contribution in [3.8, 4) is 5.75 Å². The molecule has 29 heavy (non-hydrogen) atoms. The Bertz CT molecular complexity index is 742. The van der Waals surface area contributed by atoms with Crippen LogP contribution in [-0.2, 0) is 16.1 Å². The van der Waals surface area contributed by atoms with Crippen LogP contribution >= 0.6 is 0 Å². The van der Waals surface area contributed by atoms with Gasteiger partial charge in [0.2, 0.25) is 5.60 Å². The van der Waals surface area contributed by atoms with E-state index in [0.29, 0.717) is 31.0 Å². The van der Waals surface area contributed by atoms with Gasteiger partial charge in [-0.15, -0.1) is 0 Å². The lowest BCUT2D eigenvalue weighted by molar-refractivity contribution is -0.179. The summed E-state index contributed by atoms with van der Waals surface area (Å²) in [6.45, 7) is 3.87. The molecule has 0 aromatic heterocycles. The Morgan fingerprint density at radius 1 is 1.48 bits per heavy atom. The van der Waals surface area contributed by atoms with Gasteiger partial charge in [-0.05, 0) is 62.4 Å². The van der Waals surface area contributed by atoms with Crippen LogP contribution in [0.25, 0.3) is 0 Å². The minimum Gasteiger partial charge on any atom is -0.486 e. The number of aliphatic hydroxyl groups is 1. The number of amidine groups is 1. The summed E-state index contributed by atoms with van der Waals surface area (Å²) in [5.41, 5.74) is 11.8. The monoisotopic (exact) mass is 408 g/mol. The standard InChI is InChI=1S/C20H32N4O5/c1-3-12(8-9-21)15(11-25)24-18(22)14-4-6-16-13(10-14)5-7-17(28-16)20(2,29-23)19(26)27/h4,6,10,12,15,17,25H,3,5,7-9,11,21,23H2,1-2H3,(H2,22,24)(H,26,27). The number of aliphatic hydroxyl groups excluding tert-OH is 1. The molecule has 8 N–H and O–H groups in total. The zero-order chi connectivity index (χ0) is 21.6. The second-order valence-corrected chi connectivity index (χ2v) is 7.51. The van der Waals surface area contributed by atoms with Crippen LogP contribution in [0.5, 0.6) is 5.75 Å². The first-order valence-electron chi connectivity index (χ1n) is 9.86. The summed E-state index contributed by atoms with van der Waals surface area (Å²) in [7, 11) is 0. The van der Waals surface area contributed by atoms with Gasteiger partial charge >= 0.3 is 5.97 Å². The van der Waals surface area contributed by atoms with Crippen molar-refractivity contribution in [2.75, 3.05) is 13.2 Å². The molecule has 9 nitrogen and oxygen atoms in total. The summed E-state index contributed by atoms with van der Waals surface area (Å²) >= 11 is 0. The number of nitrogens with zero attached hydrogens (tertiary/aromatic N) is 1. The summed E-state index contributed by atoms with van der Waals surface area (Å²) in [4.78, 5) is 20.8. The number of ether oxygens (including phenoxy) is 1. The molecule has 0 aliphatic carbocycles. The number of carboxylic acid groups (broad SMARTS) is 1. The van der Waals surface area contributed by atoms with Crippen molar-refractivity contribution in [3.63, 3.8) is 0 Å². The molecular weight excluding hydrogens is 376 g/mol. The molecular formula is C20H32N4O5. The SMILES string of the molecule is CCC(CCN)C(CO)N=C(N)c1ccc2c(c1)CCC(C(C)(ON)C(=O)O)O2. The van der Waals surface area contributed by atoms with Crippen molar-refractivity contribution in [1.29, 1.82) is 0 Å². The molecule has 4 atom stereocenters. The fourth-order valence-electron chi connectivity index (χ4n) is 3.63. The molecule has 2 rings (SSSR count). The van der Waals surface area contributed by atoms with Crippen LogP contribution in [0.4, 0.5) is 0 Å². The molecule has 0 spiro atoms. The maximum absolute atomic E-state index is 11.5. The lowest BCUT2D eigenvalue weighted by atomic mass is 9.90. The van der Waals surface area contributed by atoms with Crippen molar-refractivity contribution in [2.24, 2.45) is 28.3 Å². The highest BCUT2D eigenvalue weighted by molar-refractivity contribution is 5.98. The summed E-state index contributed by atoms with van der Waals surface area (Å²) in [6, 6.07) is 5.07. The summed E-state index contributed by atoms with van der Waals surface area (Å²) in [5.74, 6) is 5.10. The Kier molecular flexibility index (Phi) is 7.97. The van der Waals surface area contributed by atoms with Crippen LogP contribution in [0.1, 0.15) is 44.2 Å². The number of rotatable bonds is 10. The molecule has 0 fully saturated rings. The van der Waals surface area contributed by atoms with E-state index in [1.807, 2.05) is 13.0 Å². The normalized spacial score (nSPS) is 20.9. The van der Waals surface area contributed by atoms with E-state index in [2.05, 4.69) is 4.99 Å². The van der Waals surface area contributed by atoms with Gasteiger partial charge < -0.3 is 26.4 Å². The summed E-state index contributed by atoms with van der Waals surface area (Å²) < 4.78 is 5.85. The molecule has 1 aromatic carbocycles. The third-order valence-corrected chi connectivity index (χ3v) is 5.68. The first-order chi connectivity index (χ1) is 13.8. The van der Waals surface area contributed by atoms with Gasteiger partial charge in [-0.2, -0.15) is 0 Å². The lowest BCUT2D eigenvalue weighted by Crippen LogP contribution is -2.54. The van der Waals surface area contributed by atoms with E-state index in [0.717, 1.165) is 24.0 Å². The second kappa shape index (κ2) is 10.0. The summed E-state index contributed by atoms with van der Waals surface area (Å²) in [6.07, 6.45) is 1.92. The first-order valence-corrected chi connectivity index (χ1v) is 9.86. The average molecular weight is 408 g/mol. The molecule has 0 bridgehead atoms. The molecule has 162 valence electrons. The third kappa shape index (κ3) is 5.05. The highest BCUT2D eigenvalue weighted by atomic mass is 16.7. The molecule has 0 amide bonds. The Labute approximate surface area is 170 Å². The molecule has 1 heterocycles. The van der Waals surface area contributed by atoms with Crippen molar-refractivity contribution < 1.29 is 24.6 Å². The van der Waals surface area contributed by atoms with Gasteiger partial charge in [0.25, 0.3) is 0 Å².